The lowest BCUT2D eigenvalue weighted by Gasteiger charge is -2.32. The van der Waals surface area contributed by atoms with Crippen LogP contribution in [0.3, 0.4) is 0 Å². The van der Waals surface area contributed by atoms with Gasteiger partial charge >= 0.3 is 5.97 Å². The molecule has 0 aromatic heterocycles. The number of Topliss-reactive ketones (excluding diaryl/α,β-unsaturated/α-hetero) is 1. The van der Waals surface area contributed by atoms with Crippen molar-refractivity contribution in [2.75, 3.05) is 13.1 Å². The first kappa shape index (κ1) is 17.7. The number of rotatable bonds is 7. The van der Waals surface area contributed by atoms with Gasteiger partial charge < -0.3 is 4.74 Å². The van der Waals surface area contributed by atoms with Crippen LogP contribution in [0.2, 0.25) is 0 Å². The number of hydrogen-bond acceptors (Lipinski definition) is 4. The van der Waals surface area contributed by atoms with Gasteiger partial charge in [0.05, 0.1) is 0 Å². The fraction of sp³-hybridized carbons (Fsp3) is 0.579. The molecule has 2 unspecified atom stereocenters. The van der Waals surface area contributed by atoms with E-state index in [1.54, 1.807) is 0 Å². The lowest BCUT2D eigenvalue weighted by Crippen LogP contribution is -2.49. The van der Waals surface area contributed by atoms with Crippen LogP contribution in [0.1, 0.15) is 55.5 Å². The summed E-state index contributed by atoms with van der Waals surface area (Å²) in [5.41, 5.74) is 1.82. The number of carbonyl (C=O) groups is 2. The normalized spacial score (nSPS) is 17.7. The second kappa shape index (κ2) is 8.25. The monoisotopic (exact) mass is 317 g/mol. The molecule has 126 valence electrons. The predicted molar refractivity (Wildman–Crippen MR) is 90.6 cm³/mol. The maximum atomic E-state index is 13.1. The van der Waals surface area contributed by atoms with E-state index in [9.17, 15) is 9.59 Å². The van der Waals surface area contributed by atoms with Crippen LogP contribution in [0.25, 0.3) is 0 Å². The van der Waals surface area contributed by atoms with Gasteiger partial charge in [-0.25, -0.2) is 0 Å². The van der Waals surface area contributed by atoms with Crippen LogP contribution >= 0.6 is 0 Å². The maximum Gasteiger partial charge on any atom is 0.302 e. The topological polar surface area (TPSA) is 46.6 Å². The van der Waals surface area contributed by atoms with Crippen LogP contribution in [0.15, 0.2) is 24.3 Å². The van der Waals surface area contributed by atoms with E-state index in [4.69, 9.17) is 4.74 Å². The number of aryl methyl sites for hydroxylation is 1. The highest BCUT2D eigenvalue weighted by molar-refractivity contribution is 6.00. The van der Waals surface area contributed by atoms with Crippen molar-refractivity contribution >= 4 is 11.8 Å². The van der Waals surface area contributed by atoms with Crippen molar-refractivity contribution in [1.82, 2.24) is 4.90 Å². The van der Waals surface area contributed by atoms with Crippen molar-refractivity contribution < 1.29 is 14.3 Å². The van der Waals surface area contributed by atoms with Crippen molar-refractivity contribution in [3.8, 4) is 0 Å². The van der Waals surface area contributed by atoms with Crippen LogP contribution in [0.5, 0.6) is 0 Å². The molecule has 0 amide bonds. The quantitative estimate of drug-likeness (QED) is 0.571. The zero-order chi connectivity index (χ0) is 16.8. The van der Waals surface area contributed by atoms with Crippen molar-refractivity contribution in [2.24, 2.45) is 0 Å². The van der Waals surface area contributed by atoms with Crippen molar-refractivity contribution in [3.63, 3.8) is 0 Å². The first-order valence-electron chi connectivity index (χ1n) is 8.55. The highest BCUT2D eigenvalue weighted by Crippen LogP contribution is 2.23. The van der Waals surface area contributed by atoms with Gasteiger partial charge in [-0.05, 0) is 39.3 Å². The van der Waals surface area contributed by atoms with Gasteiger partial charge in [0.1, 0.15) is 12.1 Å². The number of ether oxygens (including phenoxy) is 1. The molecular formula is C19H27NO3. The highest BCUT2D eigenvalue weighted by Gasteiger charge is 2.37. The molecule has 23 heavy (non-hydrogen) atoms. The van der Waals surface area contributed by atoms with Gasteiger partial charge in [-0.15, -0.1) is 0 Å². The van der Waals surface area contributed by atoms with Gasteiger partial charge in [0.25, 0.3) is 0 Å². The zero-order valence-corrected chi connectivity index (χ0v) is 14.4. The number of carbonyl (C=O) groups excluding carboxylic acids is 2. The number of benzene rings is 1. The number of nitrogens with zero attached hydrogens (tertiary/aromatic N) is 1. The second-order valence-electron chi connectivity index (χ2n) is 6.35. The third-order valence-electron chi connectivity index (χ3n) is 4.38. The van der Waals surface area contributed by atoms with Gasteiger partial charge in [0, 0.05) is 12.5 Å². The second-order valence-corrected chi connectivity index (χ2v) is 6.35. The molecule has 0 N–H and O–H groups in total. The van der Waals surface area contributed by atoms with E-state index in [0.717, 1.165) is 37.9 Å². The molecule has 1 saturated heterocycles. The van der Waals surface area contributed by atoms with E-state index in [1.165, 1.54) is 6.92 Å². The van der Waals surface area contributed by atoms with Gasteiger partial charge in [-0.2, -0.15) is 0 Å². The SMILES string of the molecule is CCCC(OC(C)=O)C(C(=O)c1ccc(C)cc1)N1CCCC1. The molecule has 0 radical (unpaired) electrons. The molecule has 0 saturated carbocycles. The molecule has 1 fully saturated rings. The fourth-order valence-electron chi connectivity index (χ4n) is 3.26. The van der Waals surface area contributed by atoms with Crippen LogP contribution in [-0.2, 0) is 9.53 Å². The van der Waals surface area contributed by atoms with E-state index in [-0.39, 0.29) is 23.9 Å². The maximum absolute atomic E-state index is 13.1. The van der Waals surface area contributed by atoms with Crippen LogP contribution in [0.4, 0.5) is 0 Å². The third-order valence-corrected chi connectivity index (χ3v) is 4.38. The Morgan fingerprint density at radius 2 is 1.78 bits per heavy atom. The minimum absolute atomic E-state index is 0.0617. The van der Waals surface area contributed by atoms with Crippen molar-refractivity contribution in [3.05, 3.63) is 35.4 Å². The van der Waals surface area contributed by atoms with E-state index in [1.807, 2.05) is 38.1 Å². The van der Waals surface area contributed by atoms with Crippen molar-refractivity contribution in [2.45, 2.75) is 58.6 Å². The van der Waals surface area contributed by atoms with Crippen molar-refractivity contribution in [1.29, 1.82) is 0 Å². The number of esters is 1. The summed E-state index contributed by atoms with van der Waals surface area (Å²) in [5.74, 6) is -0.254. The summed E-state index contributed by atoms with van der Waals surface area (Å²) < 4.78 is 5.53. The zero-order valence-electron chi connectivity index (χ0n) is 14.4. The Balaban J connectivity index is 2.29. The lowest BCUT2D eigenvalue weighted by molar-refractivity contribution is -0.149. The first-order chi connectivity index (χ1) is 11.0. The molecule has 1 aromatic carbocycles. The Morgan fingerprint density at radius 3 is 2.30 bits per heavy atom. The lowest BCUT2D eigenvalue weighted by atomic mass is 9.95. The van der Waals surface area contributed by atoms with E-state index in [2.05, 4.69) is 4.90 Å². The summed E-state index contributed by atoms with van der Waals surface area (Å²) in [5, 5.41) is 0. The average Bonchev–Trinajstić information content (AvgIpc) is 3.01. The summed E-state index contributed by atoms with van der Waals surface area (Å²) in [6.45, 7) is 7.26. The minimum atomic E-state index is -0.371. The summed E-state index contributed by atoms with van der Waals surface area (Å²) in [6, 6.07) is 7.28. The largest absolute Gasteiger partial charge is 0.460 e. The molecule has 1 aliphatic rings. The highest BCUT2D eigenvalue weighted by atomic mass is 16.5. The Morgan fingerprint density at radius 1 is 1.17 bits per heavy atom. The fourth-order valence-corrected chi connectivity index (χ4v) is 3.26. The molecule has 4 nitrogen and oxygen atoms in total. The van der Waals surface area contributed by atoms with E-state index < -0.39 is 0 Å². The third kappa shape index (κ3) is 4.64. The molecule has 2 rings (SSSR count). The molecule has 4 heteroatoms. The molecule has 2 atom stereocenters. The average molecular weight is 317 g/mol. The van der Waals surface area contributed by atoms with Crippen LogP contribution in [-0.4, -0.2) is 41.9 Å². The predicted octanol–water partition coefficient (Wildman–Crippen LogP) is 3.37. The Kier molecular flexibility index (Phi) is 6.34. The molecular weight excluding hydrogens is 290 g/mol. The molecule has 0 spiro atoms. The molecule has 1 aromatic rings. The van der Waals surface area contributed by atoms with Crippen LogP contribution < -0.4 is 0 Å². The molecule has 1 aliphatic heterocycles. The van der Waals surface area contributed by atoms with Crippen LogP contribution in [0, 0.1) is 6.92 Å². The number of likely N-dealkylation sites (tertiary alicyclic amines) is 1. The van der Waals surface area contributed by atoms with Gasteiger partial charge in [0.15, 0.2) is 5.78 Å². The summed E-state index contributed by atoms with van der Waals surface area (Å²) in [7, 11) is 0. The molecule has 0 bridgehead atoms. The van der Waals surface area contributed by atoms with E-state index >= 15 is 0 Å². The smallest absolute Gasteiger partial charge is 0.302 e. The Hall–Kier alpha value is -1.68. The Labute approximate surface area is 138 Å². The summed E-state index contributed by atoms with van der Waals surface area (Å²) >= 11 is 0. The first-order valence-corrected chi connectivity index (χ1v) is 8.55. The summed E-state index contributed by atoms with van der Waals surface area (Å²) in [6.07, 6.45) is 3.40. The molecule has 1 heterocycles. The van der Waals surface area contributed by atoms with E-state index in [0.29, 0.717) is 12.0 Å². The summed E-state index contributed by atoms with van der Waals surface area (Å²) in [4.78, 5) is 26.8. The van der Waals surface area contributed by atoms with Gasteiger partial charge in [0.2, 0.25) is 0 Å². The number of ketones is 1. The standard InChI is InChI=1S/C19H27NO3/c1-4-7-17(23-15(3)21)18(20-12-5-6-13-20)19(22)16-10-8-14(2)9-11-16/h8-11,17-18H,4-7,12-13H2,1-3H3. The van der Waals surface area contributed by atoms with Gasteiger partial charge in [-0.1, -0.05) is 43.2 Å². The Bertz CT molecular complexity index is 532. The minimum Gasteiger partial charge on any atom is -0.460 e. The van der Waals surface area contributed by atoms with Gasteiger partial charge in [-0.3, -0.25) is 14.5 Å². The number of hydrogen-bond donors (Lipinski definition) is 0. The molecule has 0 aliphatic carbocycles.